The molecule has 0 unspecified atom stereocenters. The maximum Gasteiger partial charge on any atom is 0.501 e. The van der Waals surface area contributed by atoms with E-state index in [0.717, 1.165) is 61.6 Å². The number of anilines is 2. The van der Waals surface area contributed by atoms with E-state index in [1.165, 1.54) is 35.0 Å². The molecule has 1 atom stereocenters. The van der Waals surface area contributed by atoms with E-state index in [4.69, 9.17) is 0 Å². The van der Waals surface area contributed by atoms with Crippen LogP contribution in [-0.2, 0) is 19.9 Å². The van der Waals surface area contributed by atoms with E-state index in [1.807, 2.05) is 35.1 Å². The maximum atomic E-state index is 14.2. The van der Waals surface area contributed by atoms with Crippen LogP contribution in [0.3, 0.4) is 0 Å². The molecule has 6 rings (SSSR count). The average Bonchev–Trinajstić information content (AvgIpc) is 3.27. The van der Waals surface area contributed by atoms with Crippen LogP contribution in [0, 0.1) is 5.41 Å². The van der Waals surface area contributed by atoms with Crippen LogP contribution in [0.1, 0.15) is 75.6 Å². The molecule has 2 aliphatic heterocycles. The number of sulfonamides is 1. The first-order valence-electron chi connectivity index (χ1n) is 22.2. The number of carbonyl (C=O) groups excluding carboxylic acids is 1. The first-order chi connectivity index (χ1) is 31.1. The Labute approximate surface area is 389 Å². The second-order valence-electron chi connectivity index (χ2n) is 18.2. The molecule has 362 valence electrons. The predicted octanol–water partition coefficient (Wildman–Crippen LogP) is 8.75. The summed E-state index contributed by atoms with van der Waals surface area (Å²) >= 11 is 1.42. The summed E-state index contributed by atoms with van der Waals surface area (Å²) in [5.74, 6) is -0.727. The van der Waals surface area contributed by atoms with Crippen molar-refractivity contribution in [2.75, 3.05) is 68.3 Å². The number of hydrogen-bond acceptors (Lipinski definition) is 11. The van der Waals surface area contributed by atoms with Gasteiger partial charge in [-0.1, -0.05) is 49.8 Å². The van der Waals surface area contributed by atoms with Gasteiger partial charge in [-0.3, -0.25) is 9.69 Å². The molecule has 0 bridgehead atoms. The van der Waals surface area contributed by atoms with Crippen molar-refractivity contribution in [2.45, 2.75) is 104 Å². The lowest BCUT2D eigenvalue weighted by Crippen LogP contribution is -2.47. The monoisotopic (exact) mass is 981 g/mol. The number of carbonyl (C=O) groups is 1. The standard InChI is InChI=1S/C47H60F5N5O6S3/c1-33(44(48)49)9-10-34-17-21-46(2,3)30-36(34)31-56-25-27-57(28-26-56)38-13-11-35(12-14-38)45(59)54-66(62,63)41-15-16-42(43(29-41)65(60,61)47(50,51)52)53-37(32-64-40-7-5-4-6-8-40)18-22-55-23-19-39(58)20-24-55/h4-8,11-16,29,37,39,44,53,58H,1,9-10,17-28,30-32H2,2-3H3,(H,54,59)/t37-/m1/s1. The molecule has 2 saturated heterocycles. The van der Waals surface area contributed by atoms with Gasteiger partial charge in [-0.25, -0.2) is 30.3 Å². The molecule has 19 heteroatoms. The van der Waals surface area contributed by atoms with E-state index >= 15 is 0 Å². The number of halogens is 5. The predicted molar refractivity (Wildman–Crippen MR) is 249 cm³/mol. The van der Waals surface area contributed by atoms with E-state index in [2.05, 4.69) is 40.4 Å². The third kappa shape index (κ3) is 13.8. The van der Waals surface area contributed by atoms with Crippen molar-refractivity contribution in [1.29, 1.82) is 0 Å². The Morgan fingerprint density at radius 1 is 0.909 bits per heavy atom. The third-order valence-electron chi connectivity index (χ3n) is 12.6. The molecule has 3 aromatic carbocycles. The Morgan fingerprint density at radius 3 is 2.21 bits per heavy atom. The van der Waals surface area contributed by atoms with Gasteiger partial charge in [0.1, 0.15) is 4.90 Å². The number of likely N-dealkylation sites (tertiary alicyclic amines) is 1. The van der Waals surface area contributed by atoms with Gasteiger partial charge in [-0.2, -0.15) is 13.2 Å². The largest absolute Gasteiger partial charge is 0.501 e. The molecule has 2 heterocycles. The van der Waals surface area contributed by atoms with Gasteiger partial charge in [-0.05, 0) is 117 Å². The lowest BCUT2D eigenvalue weighted by molar-refractivity contribution is -0.0436. The quantitative estimate of drug-likeness (QED) is 0.0604. The Balaban J connectivity index is 1.12. The number of alkyl halides is 5. The van der Waals surface area contributed by atoms with E-state index in [9.17, 15) is 48.7 Å². The van der Waals surface area contributed by atoms with Crippen molar-refractivity contribution in [1.82, 2.24) is 14.5 Å². The van der Waals surface area contributed by atoms with Gasteiger partial charge in [0.05, 0.1) is 16.7 Å². The van der Waals surface area contributed by atoms with Crippen LogP contribution < -0.4 is 14.9 Å². The van der Waals surface area contributed by atoms with Gasteiger partial charge in [0.25, 0.3) is 32.2 Å². The molecule has 0 spiro atoms. The molecule has 2 fully saturated rings. The van der Waals surface area contributed by atoms with Crippen LogP contribution in [0.2, 0.25) is 0 Å². The van der Waals surface area contributed by atoms with Gasteiger partial charge in [0.2, 0.25) is 0 Å². The fraction of sp³-hybridized carbons (Fsp3) is 0.511. The van der Waals surface area contributed by atoms with Crippen molar-refractivity contribution in [3.8, 4) is 0 Å². The second-order valence-corrected chi connectivity index (χ2v) is 22.9. The second kappa shape index (κ2) is 22.0. The van der Waals surface area contributed by atoms with Gasteiger partial charge in [0, 0.05) is 80.3 Å². The van der Waals surface area contributed by atoms with Crippen LogP contribution in [0.25, 0.3) is 0 Å². The van der Waals surface area contributed by atoms with Crippen LogP contribution in [0.5, 0.6) is 0 Å². The third-order valence-corrected chi connectivity index (χ3v) is 16.7. The molecule has 3 aliphatic rings. The fourth-order valence-electron chi connectivity index (χ4n) is 8.59. The highest BCUT2D eigenvalue weighted by atomic mass is 32.2. The normalized spacial score (nSPS) is 18.7. The number of piperazine rings is 1. The highest BCUT2D eigenvalue weighted by molar-refractivity contribution is 7.99. The molecular formula is C47H60F5N5O6S3. The minimum absolute atomic E-state index is 0.0405. The average molecular weight is 982 g/mol. The summed E-state index contributed by atoms with van der Waals surface area (Å²) in [7, 11) is -11.0. The number of thioether (sulfide) groups is 1. The zero-order valence-corrected chi connectivity index (χ0v) is 39.8. The van der Waals surface area contributed by atoms with Crippen molar-refractivity contribution < 1.29 is 48.7 Å². The number of aliphatic hydroxyl groups is 1. The lowest BCUT2D eigenvalue weighted by atomic mass is 9.73. The number of allylic oxidation sites excluding steroid dienone is 2. The van der Waals surface area contributed by atoms with Crippen molar-refractivity contribution in [3.05, 3.63) is 102 Å². The molecule has 1 amide bonds. The van der Waals surface area contributed by atoms with Crippen LogP contribution in [0.15, 0.2) is 111 Å². The minimum Gasteiger partial charge on any atom is -0.393 e. The SMILES string of the molecule is C=C(CCC1=C(CN2CCN(c3ccc(C(=O)NS(=O)(=O)c4ccc(N[C@H](CCN5CCC(O)CC5)CSc5ccccc5)c(S(=O)(=O)C(F)(F)F)c4)cc3)CC2)CC(C)(C)CC1)C(F)F. The van der Waals surface area contributed by atoms with Gasteiger partial charge >= 0.3 is 5.51 Å². The van der Waals surface area contributed by atoms with E-state index in [-0.39, 0.29) is 23.0 Å². The molecule has 3 N–H and O–H groups in total. The zero-order chi connectivity index (χ0) is 47.9. The number of rotatable bonds is 19. The number of hydrogen-bond donors (Lipinski definition) is 3. The highest BCUT2D eigenvalue weighted by Gasteiger charge is 2.48. The number of benzene rings is 3. The van der Waals surface area contributed by atoms with E-state index in [1.54, 1.807) is 12.1 Å². The van der Waals surface area contributed by atoms with Gasteiger partial charge in [0.15, 0.2) is 0 Å². The molecule has 0 saturated carbocycles. The highest BCUT2D eigenvalue weighted by Crippen LogP contribution is 2.41. The molecular weight excluding hydrogens is 922 g/mol. The summed E-state index contributed by atoms with van der Waals surface area (Å²) in [6.45, 7) is 13.3. The molecule has 11 nitrogen and oxygen atoms in total. The number of amides is 1. The van der Waals surface area contributed by atoms with E-state index in [0.29, 0.717) is 70.2 Å². The number of sulfone groups is 1. The summed E-state index contributed by atoms with van der Waals surface area (Å²) in [4.78, 5) is 18.7. The minimum atomic E-state index is -6.09. The molecule has 66 heavy (non-hydrogen) atoms. The Morgan fingerprint density at radius 2 is 1.58 bits per heavy atom. The van der Waals surface area contributed by atoms with Crippen LogP contribution >= 0.6 is 11.8 Å². The maximum absolute atomic E-state index is 14.2. The first-order valence-corrected chi connectivity index (χ1v) is 26.2. The smallest absolute Gasteiger partial charge is 0.393 e. The summed E-state index contributed by atoms with van der Waals surface area (Å²) in [6.07, 6.45) is 2.28. The van der Waals surface area contributed by atoms with Crippen LogP contribution in [0.4, 0.5) is 33.3 Å². The molecule has 3 aromatic rings. The Hall–Kier alpha value is -4.01. The number of aliphatic hydroxyl groups excluding tert-OH is 1. The fourth-order valence-corrected chi connectivity index (χ4v) is 11.6. The van der Waals surface area contributed by atoms with Crippen LogP contribution in [-0.4, -0.2) is 120 Å². The number of piperidine rings is 1. The van der Waals surface area contributed by atoms with Gasteiger partial charge < -0.3 is 20.2 Å². The molecule has 0 radical (unpaired) electrons. The van der Waals surface area contributed by atoms with Crippen molar-refractivity contribution in [3.63, 3.8) is 0 Å². The Bertz CT molecular complexity index is 2400. The summed E-state index contributed by atoms with van der Waals surface area (Å²) in [6, 6.07) is 17.3. The van der Waals surface area contributed by atoms with Crippen molar-refractivity contribution in [2.24, 2.45) is 5.41 Å². The number of nitrogens with zero attached hydrogens (tertiary/aromatic N) is 3. The lowest BCUT2D eigenvalue weighted by Gasteiger charge is -2.39. The summed E-state index contributed by atoms with van der Waals surface area (Å²) < 4.78 is 124. The molecule has 1 aliphatic carbocycles. The summed E-state index contributed by atoms with van der Waals surface area (Å²) in [5, 5.41) is 12.9. The number of nitrogens with one attached hydrogen (secondary N) is 2. The summed E-state index contributed by atoms with van der Waals surface area (Å²) in [5.41, 5.74) is -2.82. The molecule has 0 aromatic heterocycles. The topological polar surface area (TPSA) is 139 Å². The van der Waals surface area contributed by atoms with Crippen molar-refractivity contribution >= 4 is 48.9 Å². The first kappa shape index (κ1) is 51.4. The Kier molecular flexibility index (Phi) is 17.1. The zero-order valence-electron chi connectivity index (χ0n) is 37.3. The van der Waals surface area contributed by atoms with Gasteiger partial charge in [-0.15, -0.1) is 11.8 Å². The van der Waals surface area contributed by atoms with E-state index < -0.39 is 65.3 Å².